The molecule has 34 heavy (non-hydrogen) atoms. The first-order valence-electron chi connectivity index (χ1n) is 11.7. The van der Waals surface area contributed by atoms with Crippen LogP contribution in [-0.4, -0.2) is 40.8 Å². The molecule has 1 fully saturated rings. The number of nitrogens with zero attached hydrogens (tertiary/aromatic N) is 3. The number of piperidine rings is 1. The van der Waals surface area contributed by atoms with E-state index in [1.54, 1.807) is 6.07 Å². The van der Waals surface area contributed by atoms with Gasteiger partial charge in [-0.2, -0.15) is 4.98 Å². The van der Waals surface area contributed by atoms with Crippen LogP contribution in [0.4, 0.5) is 5.69 Å². The Balaban J connectivity index is 1.19. The quantitative estimate of drug-likeness (QED) is 0.592. The maximum Gasteiger partial charge on any atom is 0.241 e. The number of ether oxygens (including phenoxy) is 2. The van der Waals surface area contributed by atoms with Crippen LogP contribution in [0.15, 0.2) is 47.0 Å². The summed E-state index contributed by atoms with van der Waals surface area (Å²) in [5, 5.41) is 7.18. The second-order valence-electron chi connectivity index (χ2n) is 9.97. The third kappa shape index (κ3) is 4.92. The van der Waals surface area contributed by atoms with Crippen LogP contribution >= 0.6 is 0 Å². The van der Waals surface area contributed by atoms with Gasteiger partial charge >= 0.3 is 0 Å². The van der Waals surface area contributed by atoms with E-state index >= 15 is 0 Å². The van der Waals surface area contributed by atoms with Crippen molar-refractivity contribution in [2.75, 3.05) is 25.2 Å². The number of anilines is 1. The molecule has 0 spiro atoms. The average Bonchev–Trinajstić information content (AvgIpc) is 3.48. The molecule has 2 aromatic carbocycles. The third-order valence-electron chi connectivity index (χ3n) is 6.35. The first-order valence-corrected chi connectivity index (χ1v) is 11.7. The molecule has 1 atom stereocenters. The normalized spacial score (nSPS) is 18.1. The monoisotopic (exact) mass is 462 g/mol. The number of benzene rings is 2. The Kier molecular flexibility index (Phi) is 6.00. The van der Waals surface area contributed by atoms with Crippen molar-refractivity contribution in [2.24, 2.45) is 5.92 Å². The van der Waals surface area contributed by atoms with Crippen molar-refractivity contribution < 1.29 is 18.8 Å². The Morgan fingerprint density at radius 3 is 2.71 bits per heavy atom. The van der Waals surface area contributed by atoms with Crippen molar-refractivity contribution in [3.8, 4) is 22.9 Å². The number of amides is 1. The van der Waals surface area contributed by atoms with Gasteiger partial charge in [-0.1, -0.05) is 50.2 Å². The van der Waals surface area contributed by atoms with Gasteiger partial charge in [-0.25, -0.2) is 0 Å². The van der Waals surface area contributed by atoms with E-state index in [4.69, 9.17) is 14.0 Å². The number of hydrogen-bond acceptors (Lipinski definition) is 7. The van der Waals surface area contributed by atoms with Gasteiger partial charge in [0.1, 0.15) is 0 Å². The second-order valence-corrected chi connectivity index (χ2v) is 9.97. The summed E-state index contributed by atoms with van der Waals surface area (Å²) in [7, 11) is 0. The predicted molar refractivity (Wildman–Crippen MR) is 128 cm³/mol. The van der Waals surface area contributed by atoms with Gasteiger partial charge < -0.3 is 19.3 Å². The molecule has 2 aliphatic heterocycles. The summed E-state index contributed by atoms with van der Waals surface area (Å²) in [4.78, 5) is 19.7. The number of carbonyl (C=O) groups is 1. The van der Waals surface area contributed by atoms with Crippen LogP contribution in [0.1, 0.15) is 45.1 Å². The van der Waals surface area contributed by atoms with Gasteiger partial charge in [0.15, 0.2) is 11.5 Å². The molecule has 2 aliphatic rings. The second kappa shape index (κ2) is 9.10. The lowest BCUT2D eigenvalue weighted by atomic mass is 9.87. The fraction of sp³-hybridized carbons (Fsp3) is 0.423. The molecular formula is C26H30N4O4. The Labute approximate surface area is 199 Å². The molecule has 8 heteroatoms. The first-order chi connectivity index (χ1) is 16.3. The lowest BCUT2D eigenvalue weighted by Gasteiger charge is -2.30. The smallest absolute Gasteiger partial charge is 0.241 e. The lowest BCUT2D eigenvalue weighted by molar-refractivity contribution is -0.121. The molecule has 0 bridgehead atoms. The highest BCUT2D eigenvalue weighted by molar-refractivity contribution is 5.93. The highest BCUT2D eigenvalue weighted by Crippen LogP contribution is 2.34. The maximum atomic E-state index is 12.9. The van der Waals surface area contributed by atoms with Gasteiger partial charge in [-0.05, 0) is 42.5 Å². The van der Waals surface area contributed by atoms with Crippen LogP contribution in [0.5, 0.6) is 11.5 Å². The first kappa shape index (κ1) is 22.4. The van der Waals surface area contributed by atoms with E-state index in [0.29, 0.717) is 42.0 Å². The highest BCUT2D eigenvalue weighted by atomic mass is 16.7. The average molecular weight is 463 g/mol. The maximum absolute atomic E-state index is 12.9. The minimum Gasteiger partial charge on any atom is -0.454 e. The van der Waals surface area contributed by atoms with E-state index in [1.807, 2.05) is 24.3 Å². The fourth-order valence-corrected chi connectivity index (χ4v) is 4.38. The van der Waals surface area contributed by atoms with E-state index in [9.17, 15) is 4.79 Å². The minimum absolute atomic E-state index is 0.00808. The van der Waals surface area contributed by atoms with E-state index in [-0.39, 0.29) is 24.0 Å². The van der Waals surface area contributed by atoms with E-state index in [2.05, 4.69) is 53.3 Å². The van der Waals surface area contributed by atoms with E-state index in [0.717, 1.165) is 24.9 Å². The Hall–Kier alpha value is -3.39. The number of rotatable bonds is 5. The van der Waals surface area contributed by atoms with Gasteiger partial charge in [-0.15, -0.1) is 0 Å². The molecule has 1 N–H and O–H groups in total. The fourth-order valence-electron chi connectivity index (χ4n) is 4.38. The summed E-state index contributed by atoms with van der Waals surface area (Å²) >= 11 is 0. The van der Waals surface area contributed by atoms with Crippen LogP contribution in [0.25, 0.3) is 11.4 Å². The number of carbonyl (C=O) groups excluding carboxylic acids is 1. The SMILES string of the molecule is CC(C)(C)c1ccc(-c2noc(CN3CCCC(C(=O)Nc4ccc5c(c4)OCO5)C3)n2)cc1. The molecule has 1 saturated heterocycles. The van der Waals surface area contributed by atoms with Gasteiger partial charge in [0.05, 0.1) is 12.5 Å². The Bertz CT molecular complexity index is 1170. The standard InChI is InChI=1S/C26H30N4O4/c1-26(2,3)19-8-6-17(7-9-19)24-28-23(34-29-24)15-30-12-4-5-18(14-30)25(31)27-20-10-11-21-22(13-20)33-16-32-21/h6-11,13,18H,4-5,12,14-16H2,1-3H3,(H,27,31). The molecule has 3 heterocycles. The van der Waals surface area contributed by atoms with Crippen molar-refractivity contribution in [1.29, 1.82) is 0 Å². The third-order valence-corrected chi connectivity index (χ3v) is 6.35. The van der Waals surface area contributed by atoms with Crippen LogP contribution in [0, 0.1) is 5.92 Å². The molecule has 8 nitrogen and oxygen atoms in total. The minimum atomic E-state index is -0.105. The van der Waals surface area contributed by atoms with Crippen LogP contribution in [-0.2, 0) is 16.8 Å². The van der Waals surface area contributed by atoms with Crippen molar-refractivity contribution in [2.45, 2.75) is 45.6 Å². The Morgan fingerprint density at radius 1 is 1.12 bits per heavy atom. The number of hydrogen-bond donors (Lipinski definition) is 1. The van der Waals surface area contributed by atoms with E-state index in [1.165, 1.54) is 5.56 Å². The molecule has 0 saturated carbocycles. The number of nitrogens with one attached hydrogen (secondary N) is 1. The molecule has 1 amide bonds. The molecule has 0 radical (unpaired) electrons. The topological polar surface area (TPSA) is 89.7 Å². The number of aromatic nitrogens is 2. The van der Waals surface area contributed by atoms with Gasteiger partial charge in [0.2, 0.25) is 24.4 Å². The van der Waals surface area contributed by atoms with E-state index < -0.39 is 0 Å². The van der Waals surface area contributed by atoms with Crippen molar-refractivity contribution >= 4 is 11.6 Å². The molecular weight excluding hydrogens is 432 g/mol. The molecule has 178 valence electrons. The largest absolute Gasteiger partial charge is 0.454 e. The molecule has 3 aromatic rings. The number of fused-ring (bicyclic) bond motifs is 1. The highest BCUT2D eigenvalue weighted by Gasteiger charge is 2.27. The number of likely N-dealkylation sites (tertiary alicyclic amines) is 1. The zero-order valence-electron chi connectivity index (χ0n) is 19.8. The van der Waals surface area contributed by atoms with Gasteiger partial charge in [-0.3, -0.25) is 9.69 Å². The zero-order valence-corrected chi connectivity index (χ0v) is 19.8. The molecule has 1 aromatic heterocycles. The summed E-state index contributed by atoms with van der Waals surface area (Å²) < 4.78 is 16.3. The molecule has 5 rings (SSSR count). The molecule has 1 unspecified atom stereocenters. The Morgan fingerprint density at radius 2 is 1.91 bits per heavy atom. The van der Waals surface area contributed by atoms with Crippen LogP contribution in [0.3, 0.4) is 0 Å². The van der Waals surface area contributed by atoms with Crippen molar-refractivity contribution in [1.82, 2.24) is 15.0 Å². The zero-order chi connectivity index (χ0) is 23.7. The summed E-state index contributed by atoms with van der Waals surface area (Å²) in [6, 6.07) is 13.7. The van der Waals surface area contributed by atoms with Crippen molar-refractivity contribution in [3.05, 3.63) is 53.9 Å². The summed E-state index contributed by atoms with van der Waals surface area (Å²) in [6.45, 7) is 8.85. The van der Waals surface area contributed by atoms with Gasteiger partial charge in [0.25, 0.3) is 0 Å². The van der Waals surface area contributed by atoms with Crippen LogP contribution in [0.2, 0.25) is 0 Å². The van der Waals surface area contributed by atoms with Gasteiger partial charge in [0, 0.05) is 23.9 Å². The van der Waals surface area contributed by atoms with Crippen molar-refractivity contribution in [3.63, 3.8) is 0 Å². The predicted octanol–water partition coefficient (Wildman–Crippen LogP) is 4.61. The summed E-state index contributed by atoms with van der Waals surface area (Å²) in [5.41, 5.74) is 3.01. The summed E-state index contributed by atoms with van der Waals surface area (Å²) in [5.74, 6) is 2.41. The summed E-state index contributed by atoms with van der Waals surface area (Å²) in [6.07, 6.45) is 1.79. The molecule has 0 aliphatic carbocycles. The van der Waals surface area contributed by atoms with Crippen LogP contribution < -0.4 is 14.8 Å². The lowest BCUT2D eigenvalue weighted by Crippen LogP contribution is -2.40.